The molecule has 0 atom stereocenters. The topological polar surface area (TPSA) is 53.1 Å². The first-order chi connectivity index (χ1) is 11.8. The number of rotatable bonds is 8. The molecule has 0 saturated carbocycles. The maximum Gasteiger partial charge on any atom is 0.229 e. The second-order valence-corrected chi connectivity index (χ2v) is 6.27. The molecule has 0 radical (unpaired) electrons. The summed E-state index contributed by atoms with van der Waals surface area (Å²) in [5.74, 6) is 1.50. The van der Waals surface area contributed by atoms with E-state index in [4.69, 9.17) is 0 Å². The molecule has 0 aliphatic carbocycles. The number of hydrogen-bond donors (Lipinski definition) is 2. The summed E-state index contributed by atoms with van der Waals surface area (Å²) in [5.41, 5.74) is 2.31. The molecule has 1 aliphatic rings. The highest BCUT2D eigenvalue weighted by atomic mass is 15.2. The molecule has 128 valence electrons. The lowest BCUT2D eigenvalue weighted by molar-refractivity contribution is 0.742. The van der Waals surface area contributed by atoms with Gasteiger partial charge in [0.25, 0.3) is 0 Å². The van der Waals surface area contributed by atoms with Crippen LogP contribution in [0.15, 0.2) is 36.5 Å². The van der Waals surface area contributed by atoms with E-state index in [0.717, 1.165) is 18.1 Å². The second kappa shape index (κ2) is 8.52. The molecule has 5 heteroatoms. The average Bonchev–Trinajstić information content (AvgIpc) is 3.14. The van der Waals surface area contributed by atoms with E-state index in [9.17, 15) is 0 Å². The van der Waals surface area contributed by atoms with Gasteiger partial charge in [-0.1, -0.05) is 19.8 Å². The number of benzene rings is 1. The summed E-state index contributed by atoms with van der Waals surface area (Å²) in [5, 5.41) is 6.64. The molecule has 1 fully saturated rings. The summed E-state index contributed by atoms with van der Waals surface area (Å²) in [6.07, 6.45) is 8.02. The van der Waals surface area contributed by atoms with Crippen LogP contribution in [0, 0.1) is 0 Å². The van der Waals surface area contributed by atoms with Gasteiger partial charge in [-0.2, -0.15) is 4.98 Å². The van der Waals surface area contributed by atoms with Crippen LogP contribution in [0.2, 0.25) is 0 Å². The van der Waals surface area contributed by atoms with Gasteiger partial charge in [-0.05, 0) is 49.6 Å². The van der Waals surface area contributed by atoms with Crippen LogP contribution in [0.4, 0.5) is 23.1 Å². The van der Waals surface area contributed by atoms with Crippen LogP contribution < -0.4 is 15.5 Å². The zero-order valence-electron chi connectivity index (χ0n) is 14.5. The minimum Gasteiger partial charge on any atom is -0.372 e. The molecule has 1 aromatic carbocycles. The average molecular weight is 325 g/mol. The predicted molar refractivity (Wildman–Crippen MR) is 101 cm³/mol. The molecule has 1 saturated heterocycles. The van der Waals surface area contributed by atoms with E-state index in [2.05, 4.69) is 56.7 Å². The lowest BCUT2D eigenvalue weighted by Crippen LogP contribution is -2.17. The Kier molecular flexibility index (Phi) is 5.88. The maximum absolute atomic E-state index is 4.52. The first-order valence-corrected chi connectivity index (χ1v) is 9.04. The lowest BCUT2D eigenvalue weighted by atomic mass is 10.2. The van der Waals surface area contributed by atoms with Crippen LogP contribution in [-0.4, -0.2) is 29.6 Å². The van der Waals surface area contributed by atoms with Gasteiger partial charge in [0, 0.05) is 37.2 Å². The molecule has 1 aliphatic heterocycles. The van der Waals surface area contributed by atoms with E-state index >= 15 is 0 Å². The highest BCUT2D eigenvalue weighted by molar-refractivity contribution is 5.60. The number of hydrogen-bond acceptors (Lipinski definition) is 5. The van der Waals surface area contributed by atoms with Gasteiger partial charge in [0.1, 0.15) is 5.82 Å². The standard InChI is InChI=1S/C19H27N5/c1-2-3-4-12-20-18-11-13-21-19(23-18)22-16-7-9-17(10-8-16)24-14-5-6-15-24/h7-11,13H,2-6,12,14-15H2,1H3,(H2,20,21,22,23). The first-order valence-electron chi connectivity index (χ1n) is 9.04. The van der Waals surface area contributed by atoms with Crippen molar-refractivity contribution in [2.24, 2.45) is 0 Å². The fourth-order valence-corrected chi connectivity index (χ4v) is 2.97. The second-order valence-electron chi connectivity index (χ2n) is 6.27. The number of nitrogens with one attached hydrogen (secondary N) is 2. The van der Waals surface area contributed by atoms with Gasteiger partial charge < -0.3 is 15.5 Å². The van der Waals surface area contributed by atoms with Gasteiger partial charge in [0.2, 0.25) is 5.95 Å². The summed E-state index contributed by atoms with van der Waals surface area (Å²) >= 11 is 0. The van der Waals surface area contributed by atoms with Crippen molar-refractivity contribution >= 4 is 23.1 Å². The Labute approximate surface area is 144 Å². The zero-order chi connectivity index (χ0) is 16.6. The Morgan fingerprint density at radius 1 is 1.04 bits per heavy atom. The molecular formula is C19H27N5. The summed E-state index contributed by atoms with van der Waals surface area (Å²) in [6, 6.07) is 10.4. The Hall–Kier alpha value is -2.30. The molecule has 0 unspecified atom stereocenters. The van der Waals surface area contributed by atoms with Crippen molar-refractivity contribution in [2.45, 2.75) is 39.0 Å². The van der Waals surface area contributed by atoms with Crippen LogP contribution in [-0.2, 0) is 0 Å². The normalized spacial score (nSPS) is 14.0. The van der Waals surface area contributed by atoms with Crippen LogP contribution in [0.25, 0.3) is 0 Å². The van der Waals surface area contributed by atoms with Gasteiger partial charge >= 0.3 is 0 Å². The largest absolute Gasteiger partial charge is 0.372 e. The summed E-state index contributed by atoms with van der Waals surface area (Å²) < 4.78 is 0. The quantitative estimate of drug-likeness (QED) is 0.704. The molecule has 2 aromatic rings. The Bertz CT molecular complexity index is 620. The van der Waals surface area contributed by atoms with E-state index in [1.165, 1.54) is 50.9 Å². The number of aromatic nitrogens is 2. The van der Waals surface area contributed by atoms with Crippen LogP contribution in [0.3, 0.4) is 0 Å². The molecule has 3 rings (SSSR count). The molecule has 1 aromatic heterocycles. The van der Waals surface area contributed by atoms with Crippen molar-refractivity contribution in [1.29, 1.82) is 0 Å². The smallest absolute Gasteiger partial charge is 0.229 e. The maximum atomic E-state index is 4.52. The van der Waals surface area contributed by atoms with Crippen LogP contribution in [0.1, 0.15) is 39.0 Å². The third-order valence-electron chi connectivity index (χ3n) is 4.34. The number of unbranched alkanes of at least 4 members (excludes halogenated alkanes) is 2. The van der Waals surface area contributed by atoms with Crippen LogP contribution >= 0.6 is 0 Å². The van der Waals surface area contributed by atoms with Gasteiger partial charge in [0.05, 0.1) is 0 Å². The highest BCUT2D eigenvalue weighted by Crippen LogP contribution is 2.23. The monoisotopic (exact) mass is 325 g/mol. The zero-order valence-corrected chi connectivity index (χ0v) is 14.5. The third-order valence-corrected chi connectivity index (χ3v) is 4.34. The van der Waals surface area contributed by atoms with Gasteiger partial charge in [-0.3, -0.25) is 0 Å². The van der Waals surface area contributed by atoms with Crippen molar-refractivity contribution in [3.63, 3.8) is 0 Å². The van der Waals surface area contributed by atoms with E-state index in [1.807, 2.05) is 6.07 Å². The van der Waals surface area contributed by atoms with Crippen molar-refractivity contribution in [1.82, 2.24) is 9.97 Å². The Morgan fingerprint density at radius 2 is 1.83 bits per heavy atom. The SMILES string of the molecule is CCCCCNc1ccnc(Nc2ccc(N3CCCC3)cc2)n1. The van der Waals surface area contributed by atoms with Crippen LogP contribution in [0.5, 0.6) is 0 Å². The van der Waals surface area contributed by atoms with Crippen molar-refractivity contribution in [3.8, 4) is 0 Å². The van der Waals surface area contributed by atoms with Gasteiger partial charge in [-0.15, -0.1) is 0 Å². The predicted octanol–water partition coefficient (Wildman–Crippen LogP) is 4.42. The van der Waals surface area contributed by atoms with Gasteiger partial charge in [0.15, 0.2) is 0 Å². The van der Waals surface area contributed by atoms with E-state index in [0.29, 0.717) is 5.95 Å². The molecule has 2 N–H and O–H groups in total. The van der Waals surface area contributed by atoms with Crippen molar-refractivity contribution in [2.75, 3.05) is 35.2 Å². The first kappa shape index (κ1) is 16.6. The third kappa shape index (κ3) is 4.60. The van der Waals surface area contributed by atoms with E-state index in [1.54, 1.807) is 6.20 Å². The highest BCUT2D eigenvalue weighted by Gasteiger charge is 2.11. The summed E-state index contributed by atoms with van der Waals surface area (Å²) in [6.45, 7) is 5.50. The van der Waals surface area contributed by atoms with E-state index < -0.39 is 0 Å². The molecule has 0 bridgehead atoms. The van der Waals surface area contributed by atoms with Crippen molar-refractivity contribution in [3.05, 3.63) is 36.5 Å². The van der Waals surface area contributed by atoms with E-state index in [-0.39, 0.29) is 0 Å². The molecule has 0 amide bonds. The molecule has 5 nitrogen and oxygen atoms in total. The molecular weight excluding hydrogens is 298 g/mol. The fraction of sp³-hybridized carbons (Fsp3) is 0.474. The molecule has 24 heavy (non-hydrogen) atoms. The lowest BCUT2D eigenvalue weighted by Gasteiger charge is -2.17. The Balaban J connectivity index is 1.57. The molecule has 0 spiro atoms. The Morgan fingerprint density at radius 3 is 2.58 bits per heavy atom. The fourth-order valence-electron chi connectivity index (χ4n) is 2.97. The minimum absolute atomic E-state index is 0.629. The van der Waals surface area contributed by atoms with Crippen molar-refractivity contribution < 1.29 is 0 Å². The minimum atomic E-state index is 0.629. The van der Waals surface area contributed by atoms with Gasteiger partial charge in [-0.25, -0.2) is 4.98 Å². The molecule has 2 heterocycles. The number of nitrogens with zero attached hydrogens (tertiary/aromatic N) is 3. The summed E-state index contributed by atoms with van der Waals surface area (Å²) in [4.78, 5) is 11.3. The summed E-state index contributed by atoms with van der Waals surface area (Å²) in [7, 11) is 0. The number of anilines is 4.